The van der Waals surface area contributed by atoms with Gasteiger partial charge in [0.25, 0.3) is 11.8 Å². The van der Waals surface area contributed by atoms with Crippen molar-refractivity contribution in [1.29, 1.82) is 0 Å². The van der Waals surface area contributed by atoms with Crippen LogP contribution >= 0.6 is 12.2 Å². The fourth-order valence-corrected chi connectivity index (χ4v) is 3.71. The van der Waals surface area contributed by atoms with E-state index in [1.165, 1.54) is 0 Å². The maximum atomic E-state index is 12.9. The van der Waals surface area contributed by atoms with Crippen LogP contribution in [-0.4, -0.2) is 23.5 Å². The molecule has 0 saturated carbocycles. The van der Waals surface area contributed by atoms with Gasteiger partial charge in [0.15, 0.2) is 5.11 Å². The van der Waals surface area contributed by atoms with Crippen molar-refractivity contribution in [3.63, 3.8) is 0 Å². The third kappa shape index (κ3) is 7.01. The fraction of sp³-hybridized carbons (Fsp3) is 0.0690. The summed E-state index contributed by atoms with van der Waals surface area (Å²) in [7, 11) is 0. The van der Waals surface area contributed by atoms with Crippen LogP contribution in [0, 0.1) is 0 Å². The van der Waals surface area contributed by atoms with Crippen LogP contribution in [0.1, 0.15) is 26.3 Å². The number of rotatable bonds is 8. The van der Waals surface area contributed by atoms with Crippen molar-refractivity contribution in [1.82, 2.24) is 5.32 Å². The summed E-state index contributed by atoms with van der Waals surface area (Å²) < 4.78 is 5.88. The number of hydrogen-bond donors (Lipinski definition) is 3. The summed E-state index contributed by atoms with van der Waals surface area (Å²) in [5, 5.41) is 8.60. The van der Waals surface area contributed by atoms with E-state index in [0.717, 1.165) is 12.0 Å². The zero-order valence-electron chi connectivity index (χ0n) is 19.4. The minimum atomic E-state index is -0.388. The Labute approximate surface area is 215 Å². The smallest absolute Gasteiger partial charge is 0.261 e. The summed E-state index contributed by atoms with van der Waals surface area (Å²) in [5.74, 6) is -0.157. The zero-order valence-corrected chi connectivity index (χ0v) is 20.3. The average Bonchev–Trinajstić information content (AvgIpc) is 2.90. The van der Waals surface area contributed by atoms with Gasteiger partial charge in [0.05, 0.1) is 12.2 Å². The van der Waals surface area contributed by atoms with Gasteiger partial charge >= 0.3 is 0 Å². The lowest BCUT2D eigenvalue weighted by Crippen LogP contribution is -2.34. The summed E-state index contributed by atoms with van der Waals surface area (Å²) >= 11 is 5.34. The number of anilines is 2. The molecule has 3 N–H and O–H groups in total. The molecule has 4 aromatic rings. The minimum absolute atomic E-state index is 0.111. The second kappa shape index (κ2) is 12.3. The summed E-state index contributed by atoms with van der Waals surface area (Å²) in [4.78, 5) is 25.5. The van der Waals surface area contributed by atoms with Crippen LogP contribution in [0.2, 0.25) is 0 Å². The molecule has 0 aromatic heterocycles. The van der Waals surface area contributed by atoms with Crippen molar-refractivity contribution in [3.05, 3.63) is 126 Å². The van der Waals surface area contributed by atoms with E-state index in [4.69, 9.17) is 17.0 Å². The van der Waals surface area contributed by atoms with E-state index in [9.17, 15) is 9.59 Å². The number of carbonyl (C=O) groups excluding carboxylic acids is 2. The van der Waals surface area contributed by atoms with Crippen LogP contribution in [0.5, 0.6) is 5.75 Å². The van der Waals surface area contributed by atoms with Crippen LogP contribution in [-0.2, 0) is 6.42 Å². The number of amides is 2. The highest BCUT2D eigenvalue weighted by atomic mass is 32.1. The highest BCUT2D eigenvalue weighted by Crippen LogP contribution is 2.19. The predicted molar refractivity (Wildman–Crippen MR) is 147 cm³/mol. The number of hydrogen-bond acceptors (Lipinski definition) is 4. The van der Waals surface area contributed by atoms with Crippen LogP contribution < -0.4 is 20.7 Å². The Balaban J connectivity index is 1.34. The lowest BCUT2D eigenvalue weighted by Gasteiger charge is -2.13. The van der Waals surface area contributed by atoms with E-state index >= 15 is 0 Å². The lowest BCUT2D eigenvalue weighted by atomic mass is 10.1. The average molecular weight is 496 g/mol. The van der Waals surface area contributed by atoms with Crippen molar-refractivity contribution in [2.24, 2.45) is 0 Å². The number of ether oxygens (including phenoxy) is 1. The van der Waals surface area contributed by atoms with E-state index in [-0.39, 0.29) is 16.9 Å². The molecule has 0 radical (unpaired) electrons. The molecule has 0 atom stereocenters. The topological polar surface area (TPSA) is 79.5 Å². The molecule has 7 heteroatoms. The Morgan fingerprint density at radius 2 is 1.36 bits per heavy atom. The lowest BCUT2D eigenvalue weighted by molar-refractivity contribution is 0.0972. The first-order chi connectivity index (χ1) is 17.6. The highest BCUT2D eigenvalue weighted by Gasteiger charge is 2.14. The summed E-state index contributed by atoms with van der Waals surface area (Å²) in [6.07, 6.45) is 0.727. The first-order valence-electron chi connectivity index (χ1n) is 11.4. The van der Waals surface area contributed by atoms with Crippen molar-refractivity contribution in [3.8, 4) is 5.75 Å². The van der Waals surface area contributed by atoms with Gasteiger partial charge < -0.3 is 15.4 Å². The summed E-state index contributed by atoms with van der Waals surface area (Å²) in [6, 6.07) is 33.1. The van der Waals surface area contributed by atoms with Gasteiger partial charge in [-0.05, 0) is 60.2 Å². The Bertz CT molecular complexity index is 1340. The SMILES string of the molecule is O=C(Nc1ccccc1)c1cccc(NC(=S)NC(=O)c2ccccc2OCCc2ccccc2)c1. The first-order valence-corrected chi connectivity index (χ1v) is 11.8. The predicted octanol–water partition coefficient (Wildman–Crippen LogP) is 5.69. The van der Waals surface area contributed by atoms with Crippen LogP contribution in [0.25, 0.3) is 0 Å². The molecule has 0 spiro atoms. The number of thiocarbonyl (C=S) groups is 1. The van der Waals surface area contributed by atoms with Gasteiger partial charge in [-0.25, -0.2) is 0 Å². The maximum absolute atomic E-state index is 12.9. The second-order valence-electron chi connectivity index (χ2n) is 7.89. The van der Waals surface area contributed by atoms with E-state index in [2.05, 4.69) is 16.0 Å². The van der Waals surface area contributed by atoms with E-state index in [1.807, 2.05) is 66.7 Å². The zero-order chi connectivity index (χ0) is 25.2. The molecule has 0 bridgehead atoms. The second-order valence-corrected chi connectivity index (χ2v) is 8.30. The fourth-order valence-electron chi connectivity index (χ4n) is 3.50. The Morgan fingerprint density at radius 3 is 2.14 bits per heavy atom. The highest BCUT2D eigenvalue weighted by molar-refractivity contribution is 7.80. The van der Waals surface area contributed by atoms with Gasteiger partial charge in [-0.2, -0.15) is 0 Å². The molecule has 2 amide bonds. The Morgan fingerprint density at radius 1 is 0.694 bits per heavy atom. The van der Waals surface area contributed by atoms with E-state index in [1.54, 1.807) is 42.5 Å². The van der Waals surface area contributed by atoms with E-state index < -0.39 is 0 Å². The van der Waals surface area contributed by atoms with Crippen molar-refractivity contribution in [2.45, 2.75) is 6.42 Å². The van der Waals surface area contributed by atoms with Gasteiger partial charge in [-0.1, -0.05) is 66.7 Å². The van der Waals surface area contributed by atoms with Crippen molar-refractivity contribution in [2.75, 3.05) is 17.2 Å². The molecule has 4 aromatic carbocycles. The van der Waals surface area contributed by atoms with E-state index in [0.29, 0.717) is 34.9 Å². The molecule has 0 saturated heterocycles. The molecule has 36 heavy (non-hydrogen) atoms. The Kier molecular flexibility index (Phi) is 8.40. The molecule has 0 unspecified atom stereocenters. The van der Waals surface area contributed by atoms with Crippen molar-refractivity contribution >= 4 is 40.5 Å². The van der Waals surface area contributed by atoms with Crippen LogP contribution in [0.15, 0.2) is 109 Å². The number of benzene rings is 4. The normalized spacial score (nSPS) is 10.2. The number of nitrogens with one attached hydrogen (secondary N) is 3. The molecule has 6 nitrogen and oxygen atoms in total. The molecule has 0 heterocycles. The van der Waals surface area contributed by atoms with Gasteiger partial charge in [0, 0.05) is 23.4 Å². The maximum Gasteiger partial charge on any atom is 0.261 e. The van der Waals surface area contributed by atoms with Crippen LogP contribution in [0.3, 0.4) is 0 Å². The third-order valence-corrected chi connectivity index (χ3v) is 5.47. The molecule has 0 aliphatic heterocycles. The molecule has 180 valence electrons. The molecule has 4 rings (SSSR count). The first kappa shape index (κ1) is 24.6. The standard InChI is InChI=1S/C29H25N3O3S/c33-27(30-23-13-5-2-6-14-23)22-12-9-15-24(20-22)31-29(36)32-28(34)25-16-7-8-17-26(25)35-19-18-21-10-3-1-4-11-21/h1-17,20H,18-19H2,(H,30,33)(H2,31,32,34,36). The van der Waals surface area contributed by atoms with Crippen LogP contribution in [0.4, 0.5) is 11.4 Å². The Hall–Kier alpha value is -4.49. The largest absolute Gasteiger partial charge is 0.492 e. The van der Waals surface area contributed by atoms with Gasteiger partial charge in [0.1, 0.15) is 5.75 Å². The van der Waals surface area contributed by atoms with Gasteiger partial charge in [0.2, 0.25) is 0 Å². The minimum Gasteiger partial charge on any atom is -0.492 e. The number of para-hydroxylation sites is 2. The molecule has 0 aliphatic carbocycles. The quantitative estimate of drug-likeness (QED) is 0.274. The van der Waals surface area contributed by atoms with Gasteiger partial charge in [-0.3, -0.25) is 14.9 Å². The molecular weight excluding hydrogens is 470 g/mol. The summed E-state index contributed by atoms with van der Waals surface area (Å²) in [6.45, 7) is 0.439. The van der Waals surface area contributed by atoms with Crippen molar-refractivity contribution < 1.29 is 14.3 Å². The number of carbonyl (C=O) groups is 2. The molecule has 0 aliphatic rings. The van der Waals surface area contributed by atoms with Gasteiger partial charge in [-0.15, -0.1) is 0 Å². The molecule has 0 fully saturated rings. The summed E-state index contributed by atoms with van der Waals surface area (Å²) in [5.41, 5.74) is 3.27. The molecular formula is C29H25N3O3S. The third-order valence-electron chi connectivity index (χ3n) is 5.26. The monoisotopic (exact) mass is 495 g/mol.